The van der Waals surface area contributed by atoms with Gasteiger partial charge in [-0.05, 0) is 19.0 Å². The third-order valence-electron chi connectivity index (χ3n) is 1.49. The second-order valence-electron chi connectivity index (χ2n) is 2.54. The summed E-state index contributed by atoms with van der Waals surface area (Å²) in [4.78, 5) is 13.9. The van der Waals surface area contributed by atoms with Gasteiger partial charge in [-0.15, -0.1) is 0 Å². The zero-order valence-electron chi connectivity index (χ0n) is 6.84. The minimum absolute atomic E-state index is 0.0139. The standard InChI is InChI=1S/C8H13N3O/c9-4-1-2-8(12)11-7-3-5-10-6-7/h3,5-6,10H,1-2,4,9H2,(H,11,12). The van der Waals surface area contributed by atoms with Crippen LogP contribution < -0.4 is 11.1 Å². The summed E-state index contributed by atoms with van der Waals surface area (Å²) in [5.74, 6) is 0.0139. The third kappa shape index (κ3) is 2.75. The molecule has 66 valence electrons. The molecule has 0 aliphatic rings. The van der Waals surface area contributed by atoms with Gasteiger partial charge in [-0.25, -0.2) is 0 Å². The smallest absolute Gasteiger partial charge is 0.224 e. The Labute approximate surface area is 71.2 Å². The number of rotatable bonds is 4. The van der Waals surface area contributed by atoms with E-state index >= 15 is 0 Å². The van der Waals surface area contributed by atoms with Crippen LogP contribution in [-0.4, -0.2) is 17.4 Å². The van der Waals surface area contributed by atoms with Crippen molar-refractivity contribution in [3.8, 4) is 0 Å². The molecule has 0 saturated carbocycles. The lowest BCUT2D eigenvalue weighted by molar-refractivity contribution is -0.116. The zero-order valence-corrected chi connectivity index (χ0v) is 6.84. The van der Waals surface area contributed by atoms with Crippen LogP contribution in [0.25, 0.3) is 0 Å². The van der Waals surface area contributed by atoms with Gasteiger partial charge in [-0.2, -0.15) is 0 Å². The highest BCUT2D eigenvalue weighted by Crippen LogP contribution is 2.04. The molecule has 1 amide bonds. The number of nitrogens with two attached hydrogens (primary N) is 1. The van der Waals surface area contributed by atoms with E-state index < -0.39 is 0 Å². The molecule has 0 bridgehead atoms. The fraction of sp³-hybridized carbons (Fsp3) is 0.375. The molecule has 0 aliphatic carbocycles. The van der Waals surface area contributed by atoms with E-state index in [1.54, 1.807) is 18.5 Å². The number of aromatic nitrogens is 1. The number of hydrogen-bond acceptors (Lipinski definition) is 2. The predicted octanol–water partition coefficient (Wildman–Crippen LogP) is 0.692. The van der Waals surface area contributed by atoms with Crippen molar-refractivity contribution < 1.29 is 4.79 Å². The zero-order chi connectivity index (χ0) is 8.81. The maximum Gasteiger partial charge on any atom is 0.224 e. The van der Waals surface area contributed by atoms with Crippen molar-refractivity contribution in [3.63, 3.8) is 0 Å². The average Bonchev–Trinajstić information content (AvgIpc) is 2.53. The Morgan fingerprint density at radius 3 is 3.08 bits per heavy atom. The Bertz CT molecular complexity index is 230. The van der Waals surface area contributed by atoms with Crippen LogP contribution in [0.2, 0.25) is 0 Å². The van der Waals surface area contributed by atoms with E-state index in [9.17, 15) is 4.79 Å². The molecule has 0 fully saturated rings. The fourth-order valence-corrected chi connectivity index (χ4v) is 0.888. The largest absolute Gasteiger partial charge is 0.366 e. The van der Waals surface area contributed by atoms with Gasteiger partial charge in [0.05, 0.1) is 5.69 Å². The first-order chi connectivity index (χ1) is 5.83. The first-order valence-electron chi connectivity index (χ1n) is 3.95. The molecule has 4 nitrogen and oxygen atoms in total. The quantitative estimate of drug-likeness (QED) is 0.617. The van der Waals surface area contributed by atoms with Crippen molar-refractivity contribution in [1.82, 2.24) is 4.98 Å². The first kappa shape index (κ1) is 8.80. The van der Waals surface area contributed by atoms with Gasteiger partial charge < -0.3 is 16.0 Å². The lowest BCUT2D eigenvalue weighted by Crippen LogP contribution is -2.12. The molecular weight excluding hydrogens is 154 g/mol. The molecule has 0 unspecified atom stereocenters. The Balaban J connectivity index is 2.27. The molecule has 0 aliphatic heterocycles. The second kappa shape index (κ2) is 4.56. The maximum absolute atomic E-state index is 11.1. The highest BCUT2D eigenvalue weighted by Gasteiger charge is 2.00. The SMILES string of the molecule is NCCCC(=O)Nc1cc[nH]c1. The van der Waals surface area contributed by atoms with E-state index in [0.29, 0.717) is 13.0 Å². The summed E-state index contributed by atoms with van der Waals surface area (Å²) in [6.45, 7) is 0.556. The van der Waals surface area contributed by atoms with Crippen LogP contribution in [0, 0.1) is 0 Å². The Hall–Kier alpha value is -1.29. The van der Waals surface area contributed by atoms with E-state index in [2.05, 4.69) is 10.3 Å². The molecule has 0 radical (unpaired) electrons. The number of nitrogens with one attached hydrogen (secondary N) is 2. The fourth-order valence-electron chi connectivity index (χ4n) is 0.888. The number of aromatic amines is 1. The number of hydrogen-bond donors (Lipinski definition) is 3. The molecule has 4 N–H and O–H groups in total. The average molecular weight is 167 g/mol. The lowest BCUT2D eigenvalue weighted by Gasteiger charge is -2.00. The van der Waals surface area contributed by atoms with Gasteiger partial charge in [0.2, 0.25) is 5.91 Å². The van der Waals surface area contributed by atoms with E-state index in [-0.39, 0.29) is 5.91 Å². The molecular formula is C8H13N3O. The topological polar surface area (TPSA) is 70.9 Å². The normalized spacial score (nSPS) is 9.75. The molecule has 0 aromatic carbocycles. The van der Waals surface area contributed by atoms with Gasteiger partial charge >= 0.3 is 0 Å². The summed E-state index contributed by atoms with van der Waals surface area (Å²) in [6.07, 6.45) is 4.72. The Kier molecular flexibility index (Phi) is 3.35. The minimum atomic E-state index is 0.0139. The molecule has 1 heterocycles. The molecule has 12 heavy (non-hydrogen) atoms. The summed E-state index contributed by atoms with van der Waals surface area (Å²) < 4.78 is 0. The third-order valence-corrected chi connectivity index (χ3v) is 1.49. The van der Waals surface area contributed by atoms with Crippen LogP contribution in [0.15, 0.2) is 18.5 Å². The van der Waals surface area contributed by atoms with Crippen molar-refractivity contribution in [2.75, 3.05) is 11.9 Å². The molecule has 0 atom stereocenters. The number of H-pyrrole nitrogens is 1. The maximum atomic E-state index is 11.1. The van der Waals surface area contributed by atoms with Gasteiger partial charge in [0.15, 0.2) is 0 Å². The van der Waals surface area contributed by atoms with Crippen LogP contribution in [0.3, 0.4) is 0 Å². The monoisotopic (exact) mass is 167 g/mol. The number of carbonyl (C=O) groups is 1. The summed E-state index contributed by atoms with van der Waals surface area (Å²) in [6, 6.07) is 1.81. The van der Waals surface area contributed by atoms with E-state index in [4.69, 9.17) is 5.73 Å². The van der Waals surface area contributed by atoms with Crippen molar-refractivity contribution in [2.45, 2.75) is 12.8 Å². The molecule has 4 heteroatoms. The number of carbonyl (C=O) groups excluding carboxylic acids is 1. The minimum Gasteiger partial charge on any atom is -0.366 e. The van der Waals surface area contributed by atoms with Crippen molar-refractivity contribution in [3.05, 3.63) is 18.5 Å². The van der Waals surface area contributed by atoms with Crippen LogP contribution in [0.4, 0.5) is 5.69 Å². The summed E-state index contributed by atoms with van der Waals surface area (Å²) in [7, 11) is 0. The van der Waals surface area contributed by atoms with Crippen molar-refractivity contribution >= 4 is 11.6 Å². The second-order valence-corrected chi connectivity index (χ2v) is 2.54. The highest BCUT2D eigenvalue weighted by molar-refractivity contribution is 5.90. The lowest BCUT2D eigenvalue weighted by atomic mass is 10.3. The van der Waals surface area contributed by atoms with E-state index in [1.165, 1.54) is 0 Å². The van der Waals surface area contributed by atoms with E-state index in [1.807, 2.05) is 0 Å². The van der Waals surface area contributed by atoms with Crippen molar-refractivity contribution in [2.24, 2.45) is 5.73 Å². The van der Waals surface area contributed by atoms with Gasteiger partial charge in [-0.3, -0.25) is 4.79 Å². The van der Waals surface area contributed by atoms with Crippen molar-refractivity contribution in [1.29, 1.82) is 0 Å². The summed E-state index contributed by atoms with van der Waals surface area (Å²) >= 11 is 0. The van der Waals surface area contributed by atoms with Gasteiger partial charge in [0.25, 0.3) is 0 Å². The molecule has 1 aromatic heterocycles. The number of amides is 1. The summed E-state index contributed by atoms with van der Waals surface area (Å²) in [5.41, 5.74) is 6.07. The van der Waals surface area contributed by atoms with Crippen LogP contribution in [-0.2, 0) is 4.79 Å². The van der Waals surface area contributed by atoms with Crippen LogP contribution in [0.1, 0.15) is 12.8 Å². The summed E-state index contributed by atoms with van der Waals surface area (Å²) in [5, 5.41) is 2.73. The molecule has 1 rings (SSSR count). The van der Waals surface area contributed by atoms with Crippen LogP contribution >= 0.6 is 0 Å². The molecule has 1 aromatic rings. The Morgan fingerprint density at radius 2 is 2.50 bits per heavy atom. The molecule has 0 saturated heterocycles. The van der Waals surface area contributed by atoms with E-state index in [0.717, 1.165) is 12.1 Å². The van der Waals surface area contributed by atoms with Gasteiger partial charge in [-0.1, -0.05) is 0 Å². The number of anilines is 1. The Morgan fingerprint density at radius 1 is 1.67 bits per heavy atom. The first-order valence-corrected chi connectivity index (χ1v) is 3.95. The van der Waals surface area contributed by atoms with Gasteiger partial charge in [0.1, 0.15) is 0 Å². The molecule has 0 spiro atoms. The van der Waals surface area contributed by atoms with Gasteiger partial charge in [0, 0.05) is 18.8 Å². The highest BCUT2D eigenvalue weighted by atomic mass is 16.1. The van der Waals surface area contributed by atoms with Crippen LogP contribution in [0.5, 0.6) is 0 Å². The predicted molar refractivity (Wildman–Crippen MR) is 47.7 cm³/mol.